The van der Waals surface area contributed by atoms with E-state index in [0.717, 1.165) is 28.8 Å². The Bertz CT molecular complexity index is 1820. The number of hydrogen-bond acceptors (Lipinski definition) is 2. The Morgan fingerprint density at radius 1 is 0.477 bits per heavy atom. The number of aryl methyl sites for hydroxylation is 1. The molecule has 2 nitrogen and oxygen atoms in total. The van der Waals surface area contributed by atoms with Crippen LogP contribution in [-0.4, -0.2) is 0 Å². The van der Waals surface area contributed by atoms with Crippen LogP contribution in [0.5, 0.6) is 0 Å². The SMILES string of the molecule is CCCCCCCCCCc1ccc2oc3ccc4c(ccc5oc6ccc(C(C)CCCCCCCC)cc6c54)c3c2c1. The van der Waals surface area contributed by atoms with E-state index in [1.54, 1.807) is 0 Å². The average molecular weight is 589 g/mol. The first kappa shape index (κ1) is 30.8. The first-order chi connectivity index (χ1) is 21.7. The Balaban J connectivity index is 1.26. The van der Waals surface area contributed by atoms with Gasteiger partial charge < -0.3 is 8.83 Å². The van der Waals surface area contributed by atoms with Gasteiger partial charge in [-0.25, -0.2) is 0 Å². The third-order valence-electron chi connectivity index (χ3n) is 10.0. The predicted octanol–water partition coefficient (Wildman–Crippen LogP) is 14.2. The van der Waals surface area contributed by atoms with Crippen molar-refractivity contribution < 1.29 is 8.83 Å². The van der Waals surface area contributed by atoms with Gasteiger partial charge >= 0.3 is 0 Å². The second-order valence-electron chi connectivity index (χ2n) is 13.4. The molecule has 0 bridgehead atoms. The summed E-state index contributed by atoms with van der Waals surface area (Å²) in [7, 11) is 0. The van der Waals surface area contributed by atoms with Gasteiger partial charge in [0.1, 0.15) is 22.3 Å². The van der Waals surface area contributed by atoms with Gasteiger partial charge in [0.2, 0.25) is 0 Å². The molecule has 6 rings (SSSR count). The summed E-state index contributed by atoms with van der Waals surface area (Å²) in [5.74, 6) is 0.550. The van der Waals surface area contributed by atoms with Crippen LogP contribution in [0.3, 0.4) is 0 Å². The number of furan rings is 2. The number of rotatable bonds is 17. The summed E-state index contributed by atoms with van der Waals surface area (Å²) in [4.78, 5) is 0. The van der Waals surface area contributed by atoms with Gasteiger partial charge in [-0.15, -0.1) is 0 Å². The maximum absolute atomic E-state index is 6.40. The Labute approximate surface area is 264 Å². The molecule has 44 heavy (non-hydrogen) atoms. The molecule has 0 aliphatic carbocycles. The summed E-state index contributed by atoms with van der Waals surface area (Å²) >= 11 is 0. The van der Waals surface area contributed by atoms with Gasteiger partial charge in [0, 0.05) is 21.5 Å². The number of fused-ring (bicyclic) bond motifs is 9. The largest absolute Gasteiger partial charge is 0.456 e. The van der Waals surface area contributed by atoms with Crippen LogP contribution in [-0.2, 0) is 6.42 Å². The highest BCUT2D eigenvalue weighted by Crippen LogP contribution is 2.41. The van der Waals surface area contributed by atoms with E-state index in [9.17, 15) is 0 Å². The predicted molar refractivity (Wildman–Crippen MR) is 191 cm³/mol. The molecule has 0 amide bonds. The standard InChI is InChI=1S/C42H52O2/c1-4-6-8-10-12-13-15-17-19-31-20-24-37-35(28-31)41-33-22-27-40-42(34(33)23-26-39(41)43-37)36-29-32(21-25-38(36)44-40)30(3)18-16-14-11-9-7-5-2/h20-30H,4-19H2,1-3H3. The molecule has 2 heteroatoms. The van der Waals surface area contributed by atoms with Crippen LogP contribution in [0.25, 0.3) is 54.6 Å². The highest BCUT2D eigenvalue weighted by molar-refractivity contribution is 6.27. The van der Waals surface area contributed by atoms with Crippen LogP contribution in [0.1, 0.15) is 134 Å². The summed E-state index contributed by atoms with van der Waals surface area (Å²) in [6.45, 7) is 6.97. The quantitative estimate of drug-likeness (QED) is 0.0991. The highest BCUT2D eigenvalue weighted by Gasteiger charge is 2.17. The topological polar surface area (TPSA) is 26.3 Å². The van der Waals surface area contributed by atoms with E-state index in [4.69, 9.17) is 8.83 Å². The zero-order valence-corrected chi connectivity index (χ0v) is 27.5. The van der Waals surface area contributed by atoms with E-state index in [2.05, 4.69) is 81.4 Å². The Kier molecular flexibility index (Phi) is 10.3. The van der Waals surface area contributed by atoms with Gasteiger partial charge in [0.25, 0.3) is 0 Å². The van der Waals surface area contributed by atoms with Crippen molar-refractivity contribution in [3.05, 3.63) is 71.8 Å². The second kappa shape index (κ2) is 14.7. The monoisotopic (exact) mass is 588 g/mol. The smallest absolute Gasteiger partial charge is 0.136 e. The fourth-order valence-corrected chi connectivity index (χ4v) is 7.34. The van der Waals surface area contributed by atoms with Crippen molar-refractivity contribution in [2.75, 3.05) is 0 Å². The van der Waals surface area contributed by atoms with E-state index in [1.807, 2.05) is 0 Å². The molecule has 6 aromatic rings. The maximum atomic E-state index is 6.40. The van der Waals surface area contributed by atoms with Crippen molar-refractivity contribution in [2.24, 2.45) is 0 Å². The van der Waals surface area contributed by atoms with Crippen LogP contribution < -0.4 is 0 Å². The van der Waals surface area contributed by atoms with E-state index in [-0.39, 0.29) is 0 Å². The zero-order valence-electron chi connectivity index (χ0n) is 27.5. The molecule has 232 valence electrons. The molecule has 0 saturated carbocycles. The minimum Gasteiger partial charge on any atom is -0.456 e. The van der Waals surface area contributed by atoms with Crippen LogP contribution in [0, 0.1) is 0 Å². The second-order valence-corrected chi connectivity index (χ2v) is 13.4. The van der Waals surface area contributed by atoms with Gasteiger partial charge in [-0.3, -0.25) is 0 Å². The minimum atomic E-state index is 0.550. The number of hydrogen-bond donors (Lipinski definition) is 0. The van der Waals surface area contributed by atoms with Crippen LogP contribution in [0.4, 0.5) is 0 Å². The summed E-state index contributed by atoms with van der Waals surface area (Å²) in [5.41, 5.74) is 6.74. The lowest BCUT2D eigenvalue weighted by molar-refractivity contribution is 0.557. The Morgan fingerprint density at radius 3 is 1.59 bits per heavy atom. The van der Waals surface area contributed by atoms with Crippen molar-refractivity contribution in [2.45, 2.75) is 129 Å². The molecular weight excluding hydrogens is 536 g/mol. The van der Waals surface area contributed by atoms with E-state index < -0.39 is 0 Å². The van der Waals surface area contributed by atoms with Crippen molar-refractivity contribution in [1.82, 2.24) is 0 Å². The normalized spacial score (nSPS) is 12.9. The number of unbranched alkanes of at least 4 members (excludes halogenated alkanes) is 12. The zero-order chi connectivity index (χ0) is 30.3. The molecule has 0 radical (unpaired) electrons. The lowest BCUT2D eigenvalue weighted by Crippen LogP contribution is -1.93. The van der Waals surface area contributed by atoms with Crippen molar-refractivity contribution >= 4 is 54.6 Å². The van der Waals surface area contributed by atoms with Gasteiger partial charge in [-0.2, -0.15) is 0 Å². The highest BCUT2D eigenvalue weighted by atomic mass is 16.3. The fourth-order valence-electron chi connectivity index (χ4n) is 7.34. The molecule has 4 aromatic carbocycles. The first-order valence-electron chi connectivity index (χ1n) is 17.9. The van der Waals surface area contributed by atoms with Gasteiger partial charge in [-0.05, 0) is 95.6 Å². The van der Waals surface area contributed by atoms with Crippen molar-refractivity contribution in [1.29, 1.82) is 0 Å². The lowest BCUT2D eigenvalue weighted by Gasteiger charge is -2.12. The summed E-state index contributed by atoms with van der Waals surface area (Å²) in [6, 6.07) is 22.5. The molecular formula is C42H52O2. The Hall–Kier alpha value is -3.26. The van der Waals surface area contributed by atoms with Crippen LogP contribution in [0.2, 0.25) is 0 Å². The molecule has 2 heterocycles. The van der Waals surface area contributed by atoms with E-state index in [0.29, 0.717) is 5.92 Å². The van der Waals surface area contributed by atoms with E-state index >= 15 is 0 Å². The molecule has 0 spiro atoms. The maximum Gasteiger partial charge on any atom is 0.136 e. The molecule has 0 aliphatic rings. The van der Waals surface area contributed by atoms with Crippen molar-refractivity contribution in [3.8, 4) is 0 Å². The Morgan fingerprint density at radius 2 is 0.977 bits per heavy atom. The molecule has 1 atom stereocenters. The summed E-state index contributed by atoms with van der Waals surface area (Å²) in [6.07, 6.45) is 21.3. The molecule has 0 saturated heterocycles. The van der Waals surface area contributed by atoms with E-state index in [1.165, 1.54) is 140 Å². The molecule has 1 unspecified atom stereocenters. The third-order valence-corrected chi connectivity index (χ3v) is 10.0. The lowest BCUT2D eigenvalue weighted by atomic mass is 9.92. The molecule has 0 N–H and O–H groups in total. The fraction of sp³-hybridized carbons (Fsp3) is 0.476. The van der Waals surface area contributed by atoms with Crippen molar-refractivity contribution in [3.63, 3.8) is 0 Å². The van der Waals surface area contributed by atoms with Gasteiger partial charge in [0.15, 0.2) is 0 Å². The molecule has 2 aromatic heterocycles. The van der Waals surface area contributed by atoms with Crippen LogP contribution >= 0.6 is 0 Å². The minimum absolute atomic E-state index is 0.550. The average Bonchev–Trinajstić information content (AvgIpc) is 3.61. The van der Waals surface area contributed by atoms with Gasteiger partial charge in [0.05, 0.1) is 0 Å². The first-order valence-corrected chi connectivity index (χ1v) is 17.9. The molecule has 0 aliphatic heterocycles. The summed E-state index contributed by atoms with van der Waals surface area (Å²) < 4.78 is 12.8. The molecule has 0 fully saturated rings. The summed E-state index contributed by atoms with van der Waals surface area (Å²) in [5, 5.41) is 7.46. The number of benzene rings is 4. The van der Waals surface area contributed by atoms with Crippen LogP contribution in [0.15, 0.2) is 69.5 Å². The van der Waals surface area contributed by atoms with Gasteiger partial charge in [-0.1, -0.05) is 116 Å². The third kappa shape index (κ3) is 6.70.